The number of para-hydroxylation sites is 1. The van der Waals surface area contributed by atoms with Gasteiger partial charge in [0.25, 0.3) is 5.91 Å². The van der Waals surface area contributed by atoms with Crippen LogP contribution in [0.15, 0.2) is 89.5 Å². The standard InChI is InChI=1S/C26H23FN6O2S/c1-16-22(24(34)30-18-9-7-13-28-14-18)23(19-10-4-6-12-21(19)35-2)33-25(29-16)31-26(32-33)36-15-17-8-3-5-11-20(17)27/h3-14,23H,15H2,1-2H3,(H,30,34)(H,29,31,32)/t23-/m0/s1. The first-order valence-electron chi connectivity index (χ1n) is 11.2. The maximum Gasteiger partial charge on any atom is 0.255 e. The van der Waals surface area contributed by atoms with Gasteiger partial charge in [-0.2, -0.15) is 4.98 Å². The van der Waals surface area contributed by atoms with Crippen molar-refractivity contribution in [3.63, 3.8) is 0 Å². The second-order valence-corrected chi connectivity index (χ2v) is 8.99. The number of methoxy groups -OCH3 is 1. The number of carbonyl (C=O) groups excluding carboxylic acids is 1. The smallest absolute Gasteiger partial charge is 0.255 e. The maximum absolute atomic E-state index is 14.1. The van der Waals surface area contributed by atoms with Gasteiger partial charge in [0.2, 0.25) is 11.1 Å². The van der Waals surface area contributed by atoms with Crippen LogP contribution in [0.2, 0.25) is 0 Å². The maximum atomic E-state index is 14.1. The summed E-state index contributed by atoms with van der Waals surface area (Å²) in [4.78, 5) is 22.2. The van der Waals surface area contributed by atoms with Crippen molar-refractivity contribution in [2.45, 2.75) is 23.9 Å². The number of hydrogen-bond donors (Lipinski definition) is 2. The molecule has 4 aromatic rings. The van der Waals surface area contributed by atoms with Gasteiger partial charge in [0, 0.05) is 23.2 Å². The van der Waals surface area contributed by atoms with E-state index in [4.69, 9.17) is 9.84 Å². The molecule has 1 aliphatic heterocycles. The van der Waals surface area contributed by atoms with Crippen LogP contribution in [0.1, 0.15) is 24.1 Å². The Bertz CT molecular complexity index is 1440. The molecule has 0 unspecified atom stereocenters. The van der Waals surface area contributed by atoms with Crippen molar-refractivity contribution >= 4 is 29.3 Å². The number of pyridine rings is 1. The van der Waals surface area contributed by atoms with Gasteiger partial charge < -0.3 is 15.4 Å². The first kappa shape index (κ1) is 23.6. The number of ether oxygens (including phenoxy) is 1. The van der Waals surface area contributed by atoms with E-state index in [9.17, 15) is 9.18 Å². The molecule has 3 heterocycles. The summed E-state index contributed by atoms with van der Waals surface area (Å²) in [5.74, 6) is 0.899. The largest absolute Gasteiger partial charge is 0.496 e. The number of fused-ring (bicyclic) bond motifs is 1. The monoisotopic (exact) mass is 502 g/mol. The molecule has 0 radical (unpaired) electrons. The summed E-state index contributed by atoms with van der Waals surface area (Å²) in [5, 5.41) is 11.3. The Labute approximate surface area is 211 Å². The quantitative estimate of drug-likeness (QED) is 0.342. The van der Waals surface area contributed by atoms with Gasteiger partial charge in [0.15, 0.2) is 0 Å². The Morgan fingerprint density at radius 1 is 1.17 bits per heavy atom. The number of allylic oxidation sites excluding steroid dienone is 1. The summed E-state index contributed by atoms with van der Waals surface area (Å²) in [6, 6.07) is 17.0. The first-order chi connectivity index (χ1) is 17.5. The molecule has 10 heteroatoms. The summed E-state index contributed by atoms with van der Waals surface area (Å²) in [5.41, 5.74) is 3.00. The number of rotatable bonds is 7. The van der Waals surface area contributed by atoms with E-state index in [1.807, 2.05) is 31.2 Å². The minimum atomic E-state index is -0.607. The number of aromatic nitrogens is 4. The number of thioether (sulfide) groups is 1. The SMILES string of the molecule is COc1ccccc1[C@H]1C(C(=O)Nc2cccnc2)=C(C)Nc2nc(SCc3ccccc3F)nn21. The number of nitrogens with zero attached hydrogens (tertiary/aromatic N) is 4. The average Bonchev–Trinajstić information content (AvgIpc) is 3.30. The van der Waals surface area contributed by atoms with Gasteiger partial charge in [0.05, 0.1) is 24.6 Å². The lowest BCUT2D eigenvalue weighted by Gasteiger charge is -2.29. The zero-order chi connectivity index (χ0) is 25.1. The normalized spacial score (nSPS) is 14.7. The van der Waals surface area contributed by atoms with Crippen LogP contribution < -0.4 is 15.4 Å². The van der Waals surface area contributed by atoms with Gasteiger partial charge >= 0.3 is 0 Å². The molecule has 2 aromatic heterocycles. The minimum absolute atomic E-state index is 0.272. The number of hydrogen-bond acceptors (Lipinski definition) is 7. The van der Waals surface area contributed by atoms with E-state index < -0.39 is 6.04 Å². The second-order valence-electron chi connectivity index (χ2n) is 8.05. The predicted octanol–water partition coefficient (Wildman–Crippen LogP) is 5.04. The summed E-state index contributed by atoms with van der Waals surface area (Å²) in [6.45, 7) is 1.82. The molecule has 0 aliphatic carbocycles. The fourth-order valence-corrected chi connectivity index (χ4v) is 4.87. The van der Waals surface area contributed by atoms with Crippen LogP contribution >= 0.6 is 11.8 Å². The van der Waals surface area contributed by atoms with Crippen LogP contribution in [-0.2, 0) is 10.5 Å². The van der Waals surface area contributed by atoms with Crippen molar-refractivity contribution in [2.24, 2.45) is 0 Å². The second kappa shape index (κ2) is 10.2. The van der Waals surface area contributed by atoms with Gasteiger partial charge in [-0.3, -0.25) is 9.78 Å². The molecular formula is C26H23FN6O2S. The molecule has 8 nitrogen and oxygen atoms in total. The average molecular weight is 503 g/mol. The number of amides is 1. The van der Waals surface area contributed by atoms with Crippen LogP contribution in [0.5, 0.6) is 5.75 Å². The van der Waals surface area contributed by atoms with Crippen molar-refractivity contribution < 1.29 is 13.9 Å². The van der Waals surface area contributed by atoms with E-state index in [-0.39, 0.29) is 11.7 Å². The lowest BCUT2D eigenvalue weighted by molar-refractivity contribution is -0.113. The zero-order valence-corrected chi connectivity index (χ0v) is 20.4. The van der Waals surface area contributed by atoms with Gasteiger partial charge in [-0.05, 0) is 36.8 Å². The van der Waals surface area contributed by atoms with E-state index in [1.165, 1.54) is 17.8 Å². The Balaban J connectivity index is 1.53. The summed E-state index contributed by atoms with van der Waals surface area (Å²) >= 11 is 1.32. The predicted molar refractivity (Wildman–Crippen MR) is 136 cm³/mol. The van der Waals surface area contributed by atoms with Gasteiger partial charge in [0.1, 0.15) is 17.6 Å². The van der Waals surface area contributed by atoms with Crippen LogP contribution in [0.3, 0.4) is 0 Å². The Hall–Kier alpha value is -4.18. The Morgan fingerprint density at radius 2 is 1.97 bits per heavy atom. The molecule has 2 aromatic carbocycles. The molecule has 0 saturated carbocycles. The van der Waals surface area contributed by atoms with E-state index in [1.54, 1.807) is 54.5 Å². The first-order valence-corrected chi connectivity index (χ1v) is 12.2. The molecule has 0 fully saturated rings. The molecule has 1 amide bonds. The van der Waals surface area contributed by atoms with Crippen LogP contribution in [0, 0.1) is 5.82 Å². The molecule has 0 saturated heterocycles. The van der Waals surface area contributed by atoms with E-state index in [2.05, 4.69) is 20.6 Å². The summed E-state index contributed by atoms with van der Waals surface area (Å²) < 4.78 is 21.4. The number of halogens is 1. The van der Waals surface area contributed by atoms with Crippen molar-refractivity contribution in [1.29, 1.82) is 0 Å². The fraction of sp³-hybridized carbons (Fsp3) is 0.154. The highest BCUT2D eigenvalue weighted by molar-refractivity contribution is 7.98. The number of benzene rings is 2. The molecule has 36 heavy (non-hydrogen) atoms. The Kier molecular flexibility index (Phi) is 6.68. The summed E-state index contributed by atoms with van der Waals surface area (Å²) in [7, 11) is 1.59. The topological polar surface area (TPSA) is 94.0 Å². The molecule has 5 rings (SSSR count). The molecule has 2 N–H and O–H groups in total. The van der Waals surface area contributed by atoms with Crippen molar-refractivity contribution in [3.05, 3.63) is 101 Å². The van der Waals surface area contributed by atoms with Gasteiger partial charge in [-0.25, -0.2) is 9.07 Å². The minimum Gasteiger partial charge on any atom is -0.496 e. The molecule has 0 spiro atoms. The highest BCUT2D eigenvalue weighted by atomic mass is 32.2. The van der Waals surface area contributed by atoms with E-state index in [0.29, 0.717) is 45.1 Å². The Morgan fingerprint density at radius 3 is 2.75 bits per heavy atom. The van der Waals surface area contributed by atoms with Crippen LogP contribution in [0.25, 0.3) is 0 Å². The third-order valence-corrected chi connectivity index (χ3v) is 6.63. The highest BCUT2D eigenvalue weighted by Gasteiger charge is 2.36. The third kappa shape index (κ3) is 4.67. The van der Waals surface area contributed by atoms with Gasteiger partial charge in [-0.1, -0.05) is 48.2 Å². The summed E-state index contributed by atoms with van der Waals surface area (Å²) in [6.07, 6.45) is 3.22. The third-order valence-electron chi connectivity index (χ3n) is 5.75. The van der Waals surface area contributed by atoms with Crippen LogP contribution in [0.4, 0.5) is 16.0 Å². The van der Waals surface area contributed by atoms with Crippen LogP contribution in [-0.4, -0.2) is 32.8 Å². The lowest BCUT2D eigenvalue weighted by Crippen LogP contribution is -2.31. The molecule has 182 valence electrons. The van der Waals surface area contributed by atoms with E-state index >= 15 is 0 Å². The molecule has 1 atom stereocenters. The fourth-order valence-electron chi connectivity index (χ4n) is 4.06. The van der Waals surface area contributed by atoms with Crippen molar-refractivity contribution in [2.75, 3.05) is 17.7 Å². The highest BCUT2D eigenvalue weighted by Crippen LogP contribution is 2.40. The zero-order valence-electron chi connectivity index (χ0n) is 19.6. The number of nitrogens with one attached hydrogen (secondary N) is 2. The molecular weight excluding hydrogens is 479 g/mol. The molecule has 1 aliphatic rings. The number of carbonyl (C=O) groups is 1. The number of anilines is 2. The molecule has 0 bridgehead atoms. The van der Waals surface area contributed by atoms with Crippen molar-refractivity contribution in [3.8, 4) is 5.75 Å². The van der Waals surface area contributed by atoms with Crippen molar-refractivity contribution in [1.82, 2.24) is 19.7 Å². The lowest BCUT2D eigenvalue weighted by atomic mass is 9.94. The van der Waals surface area contributed by atoms with E-state index in [0.717, 1.165) is 5.56 Å². The van der Waals surface area contributed by atoms with Gasteiger partial charge in [-0.15, -0.1) is 5.10 Å².